The lowest BCUT2D eigenvalue weighted by molar-refractivity contribution is -0.140. The highest BCUT2D eigenvalue weighted by Gasteiger charge is 2.47. The fourth-order valence-corrected chi connectivity index (χ4v) is 14.1. The van der Waals surface area contributed by atoms with Gasteiger partial charge < -0.3 is 52.8 Å². The predicted molar refractivity (Wildman–Crippen MR) is 390 cm³/mol. The van der Waals surface area contributed by atoms with Gasteiger partial charge in [-0.05, 0) is 97.5 Å². The van der Waals surface area contributed by atoms with E-state index in [2.05, 4.69) is 65.7 Å². The van der Waals surface area contributed by atoms with E-state index in [1.165, 1.54) is 46.1 Å². The minimum absolute atomic E-state index is 0.0792. The number of ether oxygens (including phenoxy) is 8. The summed E-state index contributed by atoms with van der Waals surface area (Å²) in [5.41, 5.74) is 3.76. The number of carbonyl (C=O) groups is 13. The molecule has 0 bridgehead atoms. The summed E-state index contributed by atoms with van der Waals surface area (Å²) in [4.78, 5) is 161. The number of rotatable bonds is 27. The summed E-state index contributed by atoms with van der Waals surface area (Å²) in [7, 11) is 0.137. The number of nitrogens with zero attached hydrogens (tertiary/aromatic N) is 4. The van der Waals surface area contributed by atoms with Crippen LogP contribution < -0.4 is 40.2 Å². The van der Waals surface area contributed by atoms with Crippen LogP contribution >= 0.6 is 0 Å². The van der Waals surface area contributed by atoms with Gasteiger partial charge in [0.15, 0.2) is 6.23 Å². The first-order valence-corrected chi connectivity index (χ1v) is 37.5. The Labute approximate surface area is 631 Å². The summed E-state index contributed by atoms with van der Waals surface area (Å²) in [6.45, 7) is 10.9. The highest BCUT2D eigenvalue weighted by Crippen LogP contribution is 2.38. The van der Waals surface area contributed by atoms with Crippen molar-refractivity contribution in [2.45, 2.75) is 134 Å². The van der Waals surface area contributed by atoms with Crippen LogP contribution in [0.3, 0.4) is 0 Å². The third-order valence-corrected chi connectivity index (χ3v) is 21.2. The average Bonchev–Trinajstić information content (AvgIpc) is 1.62. The van der Waals surface area contributed by atoms with Crippen LogP contribution in [0.15, 0.2) is 72.8 Å². The molecule has 0 aliphatic carbocycles. The van der Waals surface area contributed by atoms with Crippen molar-refractivity contribution in [3.05, 3.63) is 117 Å². The van der Waals surface area contributed by atoms with Gasteiger partial charge in [-0.3, -0.25) is 93.4 Å². The van der Waals surface area contributed by atoms with Crippen molar-refractivity contribution in [3.8, 4) is 72.4 Å². The molecule has 5 atom stereocenters. The van der Waals surface area contributed by atoms with Crippen LogP contribution in [0.1, 0.15) is 147 Å². The molecule has 1 radical (unpaired) electrons. The van der Waals surface area contributed by atoms with E-state index < -0.39 is 77.7 Å². The molecule has 8 aliphatic rings. The molecule has 0 saturated carbocycles. The van der Waals surface area contributed by atoms with Gasteiger partial charge >= 0.3 is 0 Å². The quantitative estimate of drug-likeness (QED) is 0.0246. The molecule has 4 fully saturated rings. The van der Waals surface area contributed by atoms with Gasteiger partial charge in [-0.1, -0.05) is 74.7 Å². The molecule has 0 aromatic heterocycles. The Morgan fingerprint density at radius 3 is 1.17 bits per heavy atom. The molecule has 109 heavy (non-hydrogen) atoms. The van der Waals surface area contributed by atoms with E-state index in [0.29, 0.717) is 98.7 Å². The van der Waals surface area contributed by atoms with Crippen LogP contribution in [0.5, 0.6) is 23.0 Å². The van der Waals surface area contributed by atoms with E-state index in [-0.39, 0.29) is 140 Å². The summed E-state index contributed by atoms with van der Waals surface area (Å²) in [6.07, 6.45) is 20.7. The zero-order valence-electron chi connectivity index (χ0n) is 60.6. The number of piperidine rings is 4. The monoisotopic (exact) mass is 1510 g/mol. The predicted octanol–water partition coefficient (Wildman–Crippen LogP) is 3.58. The second kappa shape index (κ2) is 41.0. The standard InChI is InChI=1S/C18H18N2O6.C18H16N2O6.2C18H18N2O5.C6H15Si/c2*1-2-7-25-8-9-26-11-3-4-12-13(10-11)18(24)20(17(12)23)14-5-6-15(21)19-16(14)22;1-2-7-24-8-9-25-13-3-4-14-12(10-13)11-20(18(14)23)15-5-6-16(21)19-17(15)22;1-2-7-24-8-9-25-13-4-3-12-11-20(18(23)14(12)10-13)15-5-6-16(21)19-17(15)22;1-4-7(5-2)6-3/h1,3-4,10,14,17,23H,5-9H2,(H,19,21,22);1,3-4,10,14H,5-9H2,(H,19,21,22);2*1,3-4,10,15H,5-9,11H2,(H,19,21,22);4-6H2,1-3H3. The van der Waals surface area contributed by atoms with Gasteiger partial charge in [0.05, 0.1) is 43.1 Å². The number of hydrogen-bond acceptors (Lipinski definition) is 22. The Kier molecular flexibility index (Phi) is 31.2. The van der Waals surface area contributed by atoms with Crippen LogP contribution in [-0.4, -0.2) is 214 Å². The molecule has 4 saturated heterocycles. The second-order valence-corrected chi connectivity index (χ2v) is 28.7. The van der Waals surface area contributed by atoms with Crippen LogP contribution in [0.2, 0.25) is 18.1 Å². The Morgan fingerprint density at radius 1 is 0.394 bits per heavy atom. The second-order valence-electron chi connectivity index (χ2n) is 25.1. The Balaban J connectivity index is 0.000000177. The van der Waals surface area contributed by atoms with Crippen molar-refractivity contribution in [3.63, 3.8) is 0 Å². The molecule has 5 unspecified atom stereocenters. The molecule has 8 heterocycles. The van der Waals surface area contributed by atoms with Gasteiger partial charge in [0, 0.05) is 64.3 Å². The Morgan fingerprint density at radius 2 is 0.752 bits per heavy atom. The number of nitrogens with one attached hydrogen (secondary N) is 4. The number of aliphatic hydroxyl groups excluding tert-OH is 1. The fourth-order valence-electron chi connectivity index (χ4n) is 12.6. The third-order valence-electron chi connectivity index (χ3n) is 18.2. The minimum Gasteiger partial charge on any atom is -0.491 e. The van der Waals surface area contributed by atoms with E-state index in [9.17, 15) is 67.4 Å². The van der Waals surface area contributed by atoms with E-state index in [1.54, 1.807) is 48.5 Å². The summed E-state index contributed by atoms with van der Waals surface area (Å²) >= 11 is 0. The van der Waals surface area contributed by atoms with E-state index >= 15 is 0 Å². The number of benzene rings is 4. The molecule has 13 amide bonds. The maximum Gasteiger partial charge on any atom is 0.262 e. The number of aliphatic hydroxyl groups is 1. The van der Waals surface area contributed by atoms with Crippen LogP contribution in [0, 0.1) is 49.4 Å². The number of imide groups is 5. The molecule has 8 aliphatic heterocycles. The largest absolute Gasteiger partial charge is 0.491 e. The molecule has 31 heteroatoms. The molecule has 4 aromatic carbocycles. The Bertz CT molecular complexity index is 4240. The van der Waals surface area contributed by atoms with Crippen molar-refractivity contribution < 1.29 is 105 Å². The summed E-state index contributed by atoms with van der Waals surface area (Å²) in [6, 6.07) is 21.0. The van der Waals surface area contributed by atoms with Gasteiger partial charge in [0.25, 0.3) is 29.5 Å². The molecular formula is C78H85N8O22Si. The maximum absolute atomic E-state index is 12.7. The first kappa shape index (κ1) is 83.1. The van der Waals surface area contributed by atoms with Gasteiger partial charge in [-0.15, -0.1) is 25.7 Å². The number of amides is 13. The third kappa shape index (κ3) is 21.8. The van der Waals surface area contributed by atoms with Crippen molar-refractivity contribution in [1.82, 2.24) is 40.9 Å². The fraction of sp³-hybridized carbons (Fsp3) is 0.423. The molecule has 4 aromatic rings. The van der Waals surface area contributed by atoms with Crippen LogP contribution in [-0.2, 0) is 70.4 Å². The van der Waals surface area contributed by atoms with Crippen molar-refractivity contribution in [1.29, 1.82) is 0 Å². The van der Waals surface area contributed by atoms with E-state index in [4.69, 9.17) is 63.6 Å². The van der Waals surface area contributed by atoms with Crippen molar-refractivity contribution in [2.24, 2.45) is 0 Å². The smallest absolute Gasteiger partial charge is 0.262 e. The normalized spacial score (nSPS) is 19.4. The highest BCUT2D eigenvalue weighted by atomic mass is 28.3. The lowest BCUT2D eigenvalue weighted by Gasteiger charge is -2.31. The number of terminal acetylenes is 4. The van der Waals surface area contributed by atoms with Crippen LogP contribution in [0.25, 0.3) is 0 Å². The molecule has 5 N–H and O–H groups in total. The summed E-state index contributed by atoms with van der Waals surface area (Å²) in [5.74, 6) is 5.97. The van der Waals surface area contributed by atoms with Gasteiger partial charge in [-0.25, -0.2) is 0 Å². The molecular weight excluding hydrogens is 1430 g/mol. The minimum atomic E-state index is -1.24. The molecule has 30 nitrogen and oxygen atoms in total. The lowest BCUT2D eigenvalue weighted by atomic mass is 10.0. The van der Waals surface area contributed by atoms with Crippen LogP contribution in [0.4, 0.5) is 0 Å². The lowest BCUT2D eigenvalue weighted by Crippen LogP contribution is -2.54. The van der Waals surface area contributed by atoms with Crippen molar-refractivity contribution in [2.75, 3.05) is 79.3 Å². The highest BCUT2D eigenvalue weighted by molar-refractivity contribution is 6.58. The number of hydrogen-bond donors (Lipinski definition) is 5. The number of carbonyl (C=O) groups excluding carboxylic acids is 13. The summed E-state index contributed by atoms with van der Waals surface area (Å²) in [5, 5.41) is 19.4. The number of fused-ring (bicyclic) bond motifs is 4. The van der Waals surface area contributed by atoms with Gasteiger partial charge in [0.1, 0.15) is 100 Å². The molecule has 12 rings (SSSR count). The van der Waals surface area contributed by atoms with E-state index in [1.807, 2.05) is 6.07 Å². The van der Waals surface area contributed by atoms with Gasteiger partial charge in [-0.2, -0.15) is 0 Å². The average molecular weight is 1510 g/mol. The van der Waals surface area contributed by atoms with Gasteiger partial charge in [0.2, 0.25) is 47.3 Å². The SMILES string of the molecule is C#CCOCCOc1ccc2c(c1)C(=O)N(C1CCC(=O)NC1=O)C2.C#CCOCCOc1ccc2c(c1)C(=O)N(C1CCC(=O)NC1=O)C2=O.C#CCOCCOc1ccc2c(c1)C(=O)N(C1CCC(=O)NC1=O)C2O.C#CCOCCOc1ccc2c(c1)CN(C1CCC(=O)NC1=O)C2=O.CC[Si](CC)CC. The first-order chi connectivity index (χ1) is 52.6. The molecule has 573 valence electrons. The first-order valence-electron chi connectivity index (χ1n) is 35.4. The molecule has 0 spiro atoms. The van der Waals surface area contributed by atoms with Crippen molar-refractivity contribution >= 4 is 85.6 Å². The maximum atomic E-state index is 12.7. The van der Waals surface area contributed by atoms with E-state index in [0.717, 1.165) is 20.9 Å². The Hall–Kier alpha value is -11.6. The zero-order chi connectivity index (χ0) is 78.7. The summed E-state index contributed by atoms with van der Waals surface area (Å²) < 4.78 is 42.6. The topological polar surface area (TPSA) is 377 Å². The zero-order valence-corrected chi connectivity index (χ0v) is 61.6.